The minimum Gasteiger partial charge on any atom is -0.482 e. The number of amides is 2. The van der Waals surface area contributed by atoms with Crippen molar-refractivity contribution in [1.82, 2.24) is 4.31 Å². The van der Waals surface area contributed by atoms with E-state index in [1.807, 2.05) is 12.1 Å². The summed E-state index contributed by atoms with van der Waals surface area (Å²) in [7, 11) is -3.55. The SMILES string of the molecule is O=C(Nc1ccc2c(c1)N(Cc1ccc(Cl)cc1)C(=O)CO2)c1ccc(S(=O)(=O)N2CCCC2)cc1. The molecule has 5 rings (SSSR count). The number of hydrogen-bond acceptors (Lipinski definition) is 5. The highest BCUT2D eigenvalue weighted by atomic mass is 35.5. The second-order valence-corrected chi connectivity index (χ2v) is 11.0. The number of benzene rings is 3. The minimum absolute atomic E-state index is 0.0705. The van der Waals surface area contributed by atoms with Crippen molar-refractivity contribution in [3.63, 3.8) is 0 Å². The Balaban J connectivity index is 1.33. The average molecular weight is 526 g/mol. The molecular weight excluding hydrogens is 502 g/mol. The first-order valence-corrected chi connectivity index (χ1v) is 13.4. The number of carbonyl (C=O) groups excluding carboxylic acids is 2. The van der Waals surface area contributed by atoms with Crippen LogP contribution >= 0.6 is 11.6 Å². The molecule has 1 fully saturated rings. The Kier molecular flexibility index (Phi) is 6.70. The lowest BCUT2D eigenvalue weighted by molar-refractivity contribution is -0.121. The fourth-order valence-electron chi connectivity index (χ4n) is 4.28. The van der Waals surface area contributed by atoms with Gasteiger partial charge in [-0.1, -0.05) is 23.7 Å². The van der Waals surface area contributed by atoms with E-state index in [-0.39, 0.29) is 17.4 Å². The highest BCUT2D eigenvalue weighted by Gasteiger charge is 2.28. The lowest BCUT2D eigenvalue weighted by atomic mass is 10.1. The summed E-state index contributed by atoms with van der Waals surface area (Å²) < 4.78 is 32.5. The number of anilines is 2. The molecule has 0 radical (unpaired) electrons. The van der Waals surface area contributed by atoms with E-state index in [1.165, 1.54) is 28.6 Å². The van der Waals surface area contributed by atoms with Crippen LogP contribution in [-0.2, 0) is 21.4 Å². The van der Waals surface area contributed by atoms with Gasteiger partial charge in [0.2, 0.25) is 10.0 Å². The summed E-state index contributed by atoms with van der Waals surface area (Å²) in [4.78, 5) is 27.3. The van der Waals surface area contributed by atoms with Gasteiger partial charge in [-0.3, -0.25) is 9.59 Å². The van der Waals surface area contributed by atoms with Gasteiger partial charge in [-0.05, 0) is 73.0 Å². The minimum atomic E-state index is -3.55. The Labute approximate surface area is 214 Å². The zero-order valence-corrected chi connectivity index (χ0v) is 20.9. The molecule has 2 aliphatic rings. The molecule has 0 atom stereocenters. The van der Waals surface area contributed by atoms with Gasteiger partial charge in [-0.2, -0.15) is 4.31 Å². The van der Waals surface area contributed by atoms with Gasteiger partial charge in [-0.25, -0.2) is 8.42 Å². The predicted molar refractivity (Wildman–Crippen MR) is 137 cm³/mol. The predicted octanol–water partition coefficient (Wildman–Crippen LogP) is 4.30. The molecule has 8 nitrogen and oxygen atoms in total. The number of nitrogens with one attached hydrogen (secondary N) is 1. The van der Waals surface area contributed by atoms with Crippen LogP contribution in [0.15, 0.2) is 71.6 Å². The molecule has 1 saturated heterocycles. The molecule has 1 N–H and O–H groups in total. The molecule has 2 aliphatic heterocycles. The Morgan fingerprint density at radius 2 is 1.67 bits per heavy atom. The molecule has 3 aromatic rings. The third-order valence-corrected chi connectivity index (χ3v) is 8.40. The van der Waals surface area contributed by atoms with Crippen LogP contribution < -0.4 is 15.0 Å². The van der Waals surface area contributed by atoms with Crippen molar-refractivity contribution < 1.29 is 22.7 Å². The van der Waals surface area contributed by atoms with Crippen LogP contribution in [0.25, 0.3) is 0 Å². The Morgan fingerprint density at radius 1 is 0.972 bits per heavy atom. The van der Waals surface area contributed by atoms with Gasteiger partial charge >= 0.3 is 0 Å². The van der Waals surface area contributed by atoms with Crippen molar-refractivity contribution in [3.8, 4) is 5.75 Å². The van der Waals surface area contributed by atoms with E-state index in [4.69, 9.17) is 16.3 Å². The van der Waals surface area contributed by atoms with Crippen molar-refractivity contribution in [2.24, 2.45) is 0 Å². The van der Waals surface area contributed by atoms with Crippen LogP contribution in [0.3, 0.4) is 0 Å². The van der Waals surface area contributed by atoms with E-state index < -0.39 is 15.9 Å². The topological polar surface area (TPSA) is 96.0 Å². The first kappa shape index (κ1) is 24.3. The molecule has 2 heterocycles. The fraction of sp³-hybridized carbons (Fsp3) is 0.231. The summed E-state index contributed by atoms with van der Waals surface area (Å²) in [5.41, 5.74) is 2.25. The Bertz CT molecular complexity index is 1400. The van der Waals surface area contributed by atoms with Crippen LogP contribution in [-0.4, -0.2) is 44.2 Å². The van der Waals surface area contributed by atoms with Gasteiger partial charge in [0.1, 0.15) is 5.75 Å². The second kappa shape index (κ2) is 9.93. The third-order valence-electron chi connectivity index (χ3n) is 6.23. The highest BCUT2D eigenvalue weighted by Crippen LogP contribution is 2.36. The molecule has 36 heavy (non-hydrogen) atoms. The average Bonchev–Trinajstić information content (AvgIpc) is 3.43. The van der Waals surface area contributed by atoms with Gasteiger partial charge in [0.05, 0.1) is 17.1 Å². The Hall–Kier alpha value is -3.40. The van der Waals surface area contributed by atoms with Crippen molar-refractivity contribution in [1.29, 1.82) is 0 Å². The van der Waals surface area contributed by atoms with Gasteiger partial charge in [0.25, 0.3) is 11.8 Å². The molecule has 0 saturated carbocycles. The molecular formula is C26H24ClN3O5S. The molecule has 0 aromatic heterocycles. The van der Waals surface area contributed by atoms with E-state index in [9.17, 15) is 18.0 Å². The number of sulfonamides is 1. The zero-order valence-electron chi connectivity index (χ0n) is 19.3. The van der Waals surface area contributed by atoms with Gasteiger partial charge in [-0.15, -0.1) is 0 Å². The van der Waals surface area contributed by atoms with Crippen molar-refractivity contribution in [2.45, 2.75) is 24.3 Å². The molecule has 10 heteroatoms. The molecule has 2 amide bonds. The number of ether oxygens (including phenoxy) is 1. The Morgan fingerprint density at radius 3 is 2.36 bits per heavy atom. The number of hydrogen-bond donors (Lipinski definition) is 1. The molecule has 3 aromatic carbocycles. The van der Waals surface area contributed by atoms with E-state index in [1.54, 1.807) is 35.2 Å². The maximum absolute atomic E-state index is 12.9. The number of rotatable bonds is 6. The normalized spacial score (nSPS) is 15.9. The molecule has 0 spiro atoms. The number of carbonyl (C=O) groups is 2. The van der Waals surface area contributed by atoms with Crippen LogP contribution in [0, 0.1) is 0 Å². The maximum atomic E-state index is 12.9. The van der Waals surface area contributed by atoms with Crippen molar-refractivity contribution >= 4 is 44.8 Å². The summed E-state index contributed by atoms with van der Waals surface area (Å²) in [6.45, 7) is 1.30. The largest absolute Gasteiger partial charge is 0.482 e. The molecule has 186 valence electrons. The number of halogens is 1. The van der Waals surface area contributed by atoms with E-state index >= 15 is 0 Å². The van der Waals surface area contributed by atoms with Crippen LogP contribution in [0.1, 0.15) is 28.8 Å². The first-order chi connectivity index (χ1) is 17.3. The van der Waals surface area contributed by atoms with Gasteiger partial charge in [0, 0.05) is 29.4 Å². The van der Waals surface area contributed by atoms with Crippen molar-refractivity contribution in [3.05, 3.63) is 82.9 Å². The van der Waals surface area contributed by atoms with Crippen LogP contribution in [0.5, 0.6) is 5.75 Å². The maximum Gasteiger partial charge on any atom is 0.265 e. The first-order valence-electron chi connectivity index (χ1n) is 11.5. The zero-order chi connectivity index (χ0) is 25.3. The summed E-state index contributed by atoms with van der Waals surface area (Å²) in [6, 6.07) is 18.2. The summed E-state index contributed by atoms with van der Waals surface area (Å²) >= 11 is 5.97. The summed E-state index contributed by atoms with van der Waals surface area (Å²) in [5.74, 6) is -0.0545. The van der Waals surface area contributed by atoms with Crippen LogP contribution in [0.2, 0.25) is 5.02 Å². The lowest BCUT2D eigenvalue weighted by Gasteiger charge is -2.30. The van der Waals surface area contributed by atoms with Crippen molar-refractivity contribution in [2.75, 3.05) is 29.9 Å². The molecule has 0 aliphatic carbocycles. The highest BCUT2D eigenvalue weighted by molar-refractivity contribution is 7.89. The smallest absolute Gasteiger partial charge is 0.265 e. The fourth-order valence-corrected chi connectivity index (χ4v) is 5.93. The quantitative estimate of drug-likeness (QED) is 0.517. The monoisotopic (exact) mass is 525 g/mol. The lowest BCUT2D eigenvalue weighted by Crippen LogP contribution is -2.38. The molecule has 0 unspecified atom stereocenters. The summed E-state index contributed by atoms with van der Waals surface area (Å²) in [5, 5.41) is 3.43. The van der Waals surface area contributed by atoms with Gasteiger partial charge < -0.3 is 15.0 Å². The van der Waals surface area contributed by atoms with Gasteiger partial charge in [0.15, 0.2) is 6.61 Å². The van der Waals surface area contributed by atoms with E-state index in [2.05, 4.69) is 5.32 Å². The molecule has 0 bridgehead atoms. The standard InChI is InChI=1S/C26H24ClN3O5S/c27-20-7-3-18(4-8-20)16-30-23-15-21(9-12-24(23)35-17-25(30)31)28-26(32)19-5-10-22(11-6-19)36(33,34)29-13-1-2-14-29/h3-12,15H,1-2,13-14,16-17H2,(H,28,32). The summed E-state index contributed by atoms with van der Waals surface area (Å²) in [6.07, 6.45) is 1.71. The number of nitrogens with zero attached hydrogens (tertiary/aromatic N) is 2. The van der Waals surface area contributed by atoms with Crippen LogP contribution in [0.4, 0.5) is 11.4 Å². The number of fused-ring (bicyclic) bond motifs is 1. The third kappa shape index (κ3) is 4.95. The van der Waals surface area contributed by atoms with E-state index in [0.29, 0.717) is 47.3 Å². The van der Waals surface area contributed by atoms with E-state index in [0.717, 1.165) is 18.4 Å². The second-order valence-electron chi connectivity index (χ2n) is 8.67.